The highest BCUT2D eigenvalue weighted by Gasteiger charge is 2.49. The van der Waals surface area contributed by atoms with Crippen molar-refractivity contribution in [2.75, 3.05) is 24.6 Å². The van der Waals surface area contributed by atoms with Crippen molar-refractivity contribution in [2.24, 2.45) is 11.8 Å². The Bertz CT molecular complexity index is 1430. The number of aromatic nitrogens is 2. The van der Waals surface area contributed by atoms with E-state index in [1.54, 1.807) is 18.5 Å². The highest BCUT2D eigenvalue weighted by atomic mass is 32.2. The molecule has 9 heteroatoms. The monoisotopic (exact) mass is 510 g/mol. The molecular formula is C27H31FN4O3S. The van der Waals surface area contributed by atoms with Gasteiger partial charge in [-0.15, -0.1) is 0 Å². The number of hydrogen-bond acceptors (Lipinski definition) is 6. The number of hydrogen-bond donors (Lipinski definition) is 2. The van der Waals surface area contributed by atoms with Gasteiger partial charge in [-0.1, -0.05) is 19.9 Å². The molecule has 0 amide bonds. The first kappa shape index (κ1) is 24.9. The summed E-state index contributed by atoms with van der Waals surface area (Å²) in [5.74, 6) is -0.564. The zero-order valence-electron chi connectivity index (χ0n) is 20.8. The number of aromatic amines is 1. The number of rotatable bonds is 3. The molecule has 4 heterocycles. The van der Waals surface area contributed by atoms with Crippen molar-refractivity contribution in [1.29, 1.82) is 5.26 Å². The van der Waals surface area contributed by atoms with Crippen molar-refractivity contribution >= 4 is 20.9 Å². The minimum Gasteiger partial charge on any atom is -0.384 e. The van der Waals surface area contributed by atoms with E-state index in [9.17, 15) is 18.8 Å². The number of nitrogens with zero attached hydrogens (tertiary/aromatic N) is 3. The van der Waals surface area contributed by atoms with E-state index in [2.05, 4.69) is 20.9 Å². The van der Waals surface area contributed by atoms with Gasteiger partial charge in [0.15, 0.2) is 0 Å². The second-order valence-corrected chi connectivity index (χ2v) is 12.8. The molecule has 2 aromatic heterocycles. The molecule has 36 heavy (non-hydrogen) atoms. The third-order valence-corrected chi connectivity index (χ3v) is 9.97. The largest absolute Gasteiger partial charge is 0.384 e. The zero-order valence-corrected chi connectivity index (χ0v) is 21.6. The van der Waals surface area contributed by atoms with Gasteiger partial charge in [-0.2, -0.15) is 5.26 Å². The summed E-state index contributed by atoms with van der Waals surface area (Å²) in [5.41, 5.74) is 1.96. The Labute approximate surface area is 210 Å². The Morgan fingerprint density at radius 2 is 1.89 bits per heavy atom. The van der Waals surface area contributed by atoms with Gasteiger partial charge in [-0.3, -0.25) is 4.90 Å². The lowest BCUT2D eigenvalue weighted by Gasteiger charge is -2.51. The first-order chi connectivity index (χ1) is 17.0. The first-order valence-corrected chi connectivity index (χ1v) is 14.2. The third kappa shape index (κ3) is 4.01. The molecule has 0 saturated carbocycles. The SMILES string of the molecule is Cc1cc(-c2ccnc3[nH]cc(C#N)c23)cc(F)c1C1(O)[C@H](C)CN(C2CCS(=O)(=O)CC2)C[C@@H]1C. The van der Waals surface area contributed by atoms with Gasteiger partial charge >= 0.3 is 0 Å². The van der Waals surface area contributed by atoms with Crippen molar-refractivity contribution in [3.05, 3.63) is 53.1 Å². The predicted octanol–water partition coefficient (Wildman–Crippen LogP) is 3.90. The van der Waals surface area contributed by atoms with Crippen molar-refractivity contribution in [1.82, 2.24) is 14.9 Å². The van der Waals surface area contributed by atoms with Crippen LogP contribution in [0.15, 0.2) is 30.6 Å². The maximum atomic E-state index is 15.9. The number of aryl methyl sites for hydroxylation is 1. The molecule has 2 aliphatic rings. The average molecular weight is 511 g/mol. The molecule has 0 radical (unpaired) electrons. The Morgan fingerprint density at radius 3 is 2.50 bits per heavy atom. The summed E-state index contributed by atoms with van der Waals surface area (Å²) in [4.78, 5) is 9.55. The van der Waals surface area contributed by atoms with Crippen LogP contribution in [-0.4, -0.2) is 59.0 Å². The van der Waals surface area contributed by atoms with E-state index in [-0.39, 0.29) is 29.4 Å². The van der Waals surface area contributed by atoms with Crippen LogP contribution in [0.3, 0.4) is 0 Å². The number of H-pyrrole nitrogens is 1. The fourth-order valence-corrected chi connectivity index (χ4v) is 7.83. The average Bonchev–Trinajstić information content (AvgIpc) is 3.25. The van der Waals surface area contributed by atoms with Crippen LogP contribution in [0.4, 0.5) is 4.39 Å². The summed E-state index contributed by atoms with van der Waals surface area (Å²) in [5, 5.41) is 22.2. The Hall–Kier alpha value is -2.80. The van der Waals surface area contributed by atoms with Crippen LogP contribution in [0.25, 0.3) is 22.2 Å². The van der Waals surface area contributed by atoms with Gasteiger partial charge in [0.05, 0.1) is 17.1 Å². The zero-order chi connectivity index (χ0) is 25.8. The molecular weight excluding hydrogens is 479 g/mol. The molecule has 0 aliphatic carbocycles. The summed E-state index contributed by atoms with van der Waals surface area (Å²) < 4.78 is 39.6. The number of benzene rings is 1. The van der Waals surface area contributed by atoms with Crippen LogP contribution < -0.4 is 0 Å². The van der Waals surface area contributed by atoms with Crippen molar-refractivity contribution < 1.29 is 17.9 Å². The van der Waals surface area contributed by atoms with Crippen LogP contribution in [0.5, 0.6) is 0 Å². The van der Waals surface area contributed by atoms with E-state index in [0.717, 1.165) is 0 Å². The topological polar surface area (TPSA) is 110 Å². The molecule has 2 N–H and O–H groups in total. The fourth-order valence-electron chi connectivity index (χ4n) is 6.37. The number of aliphatic hydroxyl groups is 1. The smallest absolute Gasteiger partial charge is 0.150 e. The van der Waals surface area contributed by atoms with E-state index in [1.807, 2.05) is 26.8 Å². The first-order valence-electron chi connectivity index (χ1n) is 12.4. The highest BCUT2D eigenvalue weighted by molar-refractivity contribution is 7.91. The standard InChI is InChI=1S/C27H31FN4O3S/c1-16-10-19(22-4-7-30-26-24(22)20(12-29)13-31-26)11-23(28)25(16)27(33)17(2)14-32(15-18(27)3)21-5-8-36(34,35)9-6-21/h4,7,10-11,13,17-18,21,33H,5-6,8-9,14-15H2,1-3H3,(H,30,31)/t17-,18+,27?. The van der Waals surface area contributed by atoms with Crippen molar-refractivity contribution in [2.45, 2.75) is 45.3 Å². The van der Waals surface area contributed by atoms with Crippen molar-refractivity contribution in [3.63, 3.8) is 0 Å². The minimum absolute atomic E-state index is 0.168. The molecule has 3 aromatic rings. The van der Waals surface area contributed by atoms with Gasteiger partial charge < -0.3 is 10.1 Å². The lowest BCUT2D eigenvalue weighted by atomic mass is 9.68. The van der Waals surface area contributed by atoms with E-state index in [0.29, 0.717) is 64.8 Å². The second kappa shape index (κ2) is 8.94. The highest BCUT2D eigenvalue weighted by Crippen LogP contribution is 2.45. The number of nitrogens with one attached hydrogen (secondary N) is 1. The fraction of sp³-hybridized carbons (Fsp3) is 0.481. The number of sulfone groups is 1. The molecule has 190 valence electrons. The molecule has 7 nitrogen and oxygen atoms in total. The summed E-state index contributed by atoms with van der Waals surface area (Å²) in [7, 11) is -2.95. The summed E-state index contributed by atoms with van der Waals surface area (Å²) in [6, 6.07) is 7.42. The molecule has 5 rings (SSSR count). The van der Waals surface area contributed by atoms with Gasteiger partial charge in [0.2, 0.25) is 0 Å². The number of pyridine rings is 1. The second-order valence-electron chi connectivity index (χ2n) is 10.5. The predicted molar refractivity (Wildman–Crippen MR) is 136 cm³/mol. The Kier molecular flexibility index (Phi) is 6.18. The number of nitriles is 1. The molecule has 1 unspecified atom stereocenters. The van der Waals surface area contributed by atoms with Crippen LogP contribution >= 0.6 is 0 Å². The maximum absolute atomic E-state index is 15.9. The van der Waals surface area contributed by atoms with Crippen LogP contribution in [0, 0.1) is 35.9 Å². The molecule has 0 spiro atoms. The number of likely N-dealkylation sites (tertiary alicyclic amines) is 1. The van der Waals surface area contributed by atoms with Crippen LogP contribution in [-0.2, 0) is 15.4 Å². The number of piperidine rings is 1. The van der Waals surface area contributed by atoms with Crippen LogP contribution in [0.1, 0.15) is 43.4 Å². The molecule has 1 aromatic carbocycles. The number of halogens is 1. The van der Waals surface area contributed by atoms with E-state index < -0.39 is 21.3 Å². The normalized spacial score (nSPS) is 27.2. The van der Waals surface area contributed by atoms with Gasteiger partial charge in [-0.05, 0) is 48.6 Å². The Morgan fingerprint density at radius 1 is 1.22 bits per heavy atom. The van der Waals surface area contributed by atoms with E-state index >= 15 is 4.39 Å². The van der Waals surface area contributed by atoms with Gasteiger partial charge in [0.25, 0.3) is 0 Å². The van der Waals surface area contributed by atoms with E-state index in [1.165, 1.54) is 6.07 Å². The lowest BCUT2D eigenvalue weighted by molar-refractivity contribution is -0.122. The Balaban J connectivity index is 1.48. The summed E-state index contributed by atoms with van der Waals surface area (Å²) >= 11 is 0. The van der Waals surface area contributed by atoms with Crippen molar-refractivity contribution in [3.8, 4) is 17.2 Å². The van der Waals surface area contributed by atoms with Gasteiger partial charge in [0, 0.05) is 54.3 Å². The third-order valence-electron chi connectivity index (χ3n) is 8.25. The molecule has 2 aliphatic heterocycles. The maximum Gasteiger partial charge on any atom is 0.150 e. The molecule has 2 fully saturated rings. The summed E-state index contributed by atoms with van der Waals surface area (Å²) in [6.45, 7) is 6.86. The molecule has 0 bridgehead atoms. The van der Waals surface area contributed by atoms with E-state index in [4.69, 9.17) is 0 Å². The molecule has 2 saturated heterocycles. The molecule has 3 atom stereocenters. The quantitative estimate of drug-likeness (QED) is 0.553. The summed E-state index contributed by atoms with van der Waals surface area (Å²) in [6.07, 6.45) is 4.43. The van der Waals surface area contributed by atoms with Gasteiger partial charge in [0.1, 0.15) is 33.0 Å². The van der Waals surface area contributed by atoms with Gasteiger partial charge in [-0.25, -0.2) is 17.8 Å². The van der Waals surface area contributed by atoms with Crippen LogP contribution in [0.2, 0.25) is 0 Å². The lowest BCUT2D eigenvalue weighted by Crippen LogP contribution is -2.58. The number of fused-ring (bicyclic) bond motifs is 1. The minimum atomic E-state index is -2.95.